The van der Waals surface area contributed by atoms with Crippen LogP contribution in [0.3, 0.4) is 0 Å². The minimum Gasteiger partial charge on any atom is -1.00 e. The predicted octanol–water partition coefficient (Wildman–Crippen LogP) is 0.229. The maximum Gasteiger partial charge on any atom is 2.00 e. The van der Waals surface area contributed by atoms with E-state index in [4.69, 9.17) is 15.0 Å². The zero-order chi connectivity index (χ0) is 3.58. The zero-order valence-electron chi connectivity index (χ0n) is 5.22. The maximum atomic E-state index is 8.56. The number of carboxylic acid groups (broad SMARTS) is 2. The van der Waals surface area contributed by atoms with Crippen LogP contribution in [0.2, 0.25) is 0 Å². The van der Waals surface area contributed by atoms with E-state index >= 15 is 0 Å². The number of hydrogen-bond donors (Lipinski definition) is 3. The molecular weight excluding hydrogens is 83.0 g/mol. The number of hydrogen-bond acceptors (Lipinski definition) is 2. The summed E-state index contributed by atoms with van der Waals surface area (Å²) in [4.78, 5) is 8.56. The summed E-state index contributed by atoms with van der Waals surface area (Å²) in [7, 11) is 0. The summed E-state index contributed by atoms with van der Waals surface area (Å²) >= 11 is 0. The van der Waals surface area contributed by atoms with E-state index in [-0.39, 0.29) is 19.1 Å². The molecule has 6 heavy (non-hydrogen) atoms. The summed E-state index contributed by atoms with van der Waals surface area (Å²) in [5, 5.41) is 13.9. The zero-order valence-corrected chi connectivity index (χ0v) is 3.22. The molecule has 4 nitrogen and oxygen atoms in total. The van der Waals surface area contributed by atoms with Gasteiger partial charge in [-0.15, -0.1) is 0 Å². The molecule has 36 valence electrons. The van der Waals surface area contributed by atoms with Crippen molar-refractivity contribution < 1.29 is 17.9 Å². The van der Waals surface area contributed by atoms with Crippen molar-refractivity contribution in [3.63, 3.8) is 0 Å². The van der Waals surface area contributed by atoms with Gasteiger partial charge >= 0.3 is 16.3 Å². The van der Waals surface area contributed by atoms with Crippen LogP contribution in [0, 0.1) is 0 Å². The first-order valence-electron chi connectivity index (χ1n) is 0.651. The van der Waals surface area contributed by atoms with Gasteiger partial charge < -0.3 is 19.2 Å². The van der Waals surface area contributed by atoms with E-state index in [0.29, 0.717) is 0 Å². The molecule has 0 aliphatic heterocycles. The van der Waals surface area contributed by atoms with Crippen LogP contribution in [0.25, 0.3) is 0 Å². The average molecular weight is 90.1 g/mol. The molecule has 0 aromatic rings. The van der Waals surface area contributed by atoms with E-state index in [1.807, 2.05) is 0 Å². The monoisotopic (exact) mass is 90.1 g/mol. The Hall–Kier alpha value is -0.601. The van der Waals surface area contributed by atoms with Gasteiger partial charge in [-0.05, 0) is 0 Å². The average Bonchev–Trinajstić information content (AvgIpc) is 0.811. The molecule has 0 amide bonds. The Morgan fingerprint density at radius 2 is 1.50 bits per heavy atom. The first-order chi connectivity index (χ1) is 1.73. The third-order valence-corrected chi connectivity index (χ3v) is 0. The van der Waals surface area contributed by atoms with Crippen LogP contribution in [-0.4, -0.2) is 26.5 Å². The fourth-order valence-corrected chi connectivity index (χ4v) is 0. The second-order valence-electron chi connectivity index (χ2n) is 0.283. The molecule has 0 rings (SSSR count). The molecule has 0 atom stereocenters. The van der Waals surface area contributed by atoms with Gasteiger partial charge in [-0.2, -0.15) is 0 Å². The Labute approximate surface area is 41.6 Å². The van der Waals surface area contributed by atoms with Crippen LogP contribution >= 0.6 is 0 Å². The number of rotatable bonds is 0. The summed E-state index contributed by atoms with van der Waals surface area (Å²) in [5.74, 6) is 0. The van der Waals surface area contributed by atoms with Gasteiger partial charge in [-0.1, -0.05) is 0 Å². The molecule has 0 aliphatic carbocycles. The fraction of sp³-hybridized carbons (Fsp3) is 0. The second kappa shape index (κ2) is 8.83. The van der Waals surface area contributed by atoms with Gasteiger partial charge in [-0.3, -0.25) is 0 Å². The molecular formula is CH7BeNO3. The molecule has 0 aliphatic rings. The van der Waals surface area contributed by atoms with Crippen molar-refractivity contribution in [3.8, 4) is 0 Å². The van der Waals surface area contributed by atoms with E-state index in [1.165, 1.54) is 0 Å². The first-order valence-corrected chi connectivity index (χ1v) is 0.651. The topological polar surface area (TPSA) is 92.5 Å². The minimum atomic E-state index is -1.83. The Morgan fingerprint density at radius 3 is 1.50 bits per heavy atom. The molecule has 0 saturated carbocycles. The molecule has 0 bridgehead atoms. The Balaban J connectivity index is -0.00000000750. The van der Waals surface area contributed by atoms with Gasteiger partial charge in [-0.25, -0.2) is 4.79 Å². The van der Waals surface area contributed by atoms with Crippen molar-refractivity contribution in [3.05, 3.63) is 0 Å². The van der Waals surface area contributed by atoms with Crippen LogP contribution in [0.15, 0.2) is 0 Å². The molecule has 0 saturated heterocycles. The van der Waals surface area contributed by atoms with E-state index in [0.717, 1.165) is 0 Å². The summed E-state index contributed by atoms with van der Waals surface area (Å²) in [6.07, 6.45) is -1.83. The predicted molar refractivity (Wildman–Crippen MR) is 23.7 cm³/mol. The van der Waals surface area contributed by atoms with E-state index < -0.39 is 6.16 Å². The normalized spacial score (nSPS) is 4.00. The van der Waals surface area contributed by atoms with Gasteiger partial charge in [0.2, 0.25) is 0 Å². The van der Waals surface area contributed by atoms with Crippen molar-refractivity contribution in [2.45, 2.75) is 0 Å². The van der Waals surface area contributed by atoms with Crippen LogP contribution in [-0.2, 0) is 0 Å². The maximum absolute atomic E-state index is 8.56. The second-order valence-corrected chi connectivity index (χ2v) is 0.283. The standard InChI is InChI=1S/CH2O3.Be.H3N.2H/c2-1(3)4;;;;/h(H2,2,3,4);;1H3;;/q;+2;;2*-1. The van der Waals surface area contributed by atoms with Crippen molar-refractivity contribution >= 4 is 16.3 Å². The SMILES string of the molecule is N.O=C(O)O.[Be+2].[H-].[H-]. The molecule has 0 unspecified atom stereocenters. The Kier molecular flexibility index (Phi) is 26.7. The third kappa shape index (κ3) is 54.1. The summed E-state index contributed by atoms with van der Waals surface area (Å²) in [6, 6.07) is 0. The quantitative estimate of drug-likeness (QED) is 0.371. The minimum absolute atomic E-state index is 0. The van der Waals surface area contributed by atoms with Crippen molar-refractivity contribution in [1.82, 2.24) is 6.15 Å². The molecule has 0 aromatic heterocycles. The molecule has 0 fully saturated rings. The largest absolute Gasteiger partial charge is 2.00 e. The third-order valence-electron chi connectivity index (χ3n) is 0. The molecule has 0 radical (unpaired) electrons. The number of carbonyl (C=O) groups is 1. The van der Waals surface area contributed by atoms with E-state index in [9.17, 15) is 0 Å². The Morgan fingerprint density at radius 1 is 1.50 bits per heavy atom. The van der Waals surface area contributed by atoms with Gasteiger partial charge in [0.05, 0.1) is 0 Å². The van der Waals surface area contributed by atoms with Crippen LogP contribution < -0.4 is 6.15 Å². The van der Waals surface area contributed by atoms with Crippen LogP contribution in [0.1, 0.15) is 2.85 Å². The van der Waals surface area contributed by atoms with Crippen LogP contribution in [0.5, 0.6) is 0 Å². The summed E-state index contributed by atoms with van der Waals surface area (Å²) in [6.45, 7) is 0. The fourth-order valence-electron chi connectivity index (χ4n) is 0. The van der Waals surface area contributed by atoms with E-state index in [1.54, 1.807) is 0 Å². The summed E-state index contributed by atoms with van der Waals surface area (Å²) in [5.41, 5.74) is 0. The summed E-state index contributed by atoms with van der Waals surface area (Å²) < 4.78 is 0. The van der Waals surface area contributed by atoms with Crippen molar-refractivity contribution in [2.24, 2.45) is 0 Å². The molecule has 0 spiro atoms. The van der Waals surface area contributed by atoms with E-state index in [2.05, 4.69) is 0 Å². The van der Waals surface area contributed by atoms with Crippen molar-refractivity contribution in [1.29, 1.82) is 0 Å². The smallest absolute Gasteiger partial charge is 1.00 e. The van der Waals surface area contributed by atoms with Gasteiger partial charge in [0.25, 0.3) is 0 Å². The van der Waals surface area contributed by atoms with Crippen LogP contribution in [0.4, 0.5) is 4.79 Å². The molecule has 0 aromatic carbocycles. The molecule has 5 N–H and O–H groups in total. The molecule has 5 heteroatoms. The van der Waals surface area contributed by atoms with Gasteiger partial charge in [0.1, 0.15) is 0 Å². The van der Waals surface area contributed by atoms with Crippen molar-refractivity contribution in [2.75, 3.05) is 0 Å². The first kappa shape index (κ1) is 18.2. The van der Waals surface area contributed by atoms with Gasteiger partial charge in [0, 0.05) is 0 Å². The van der Waals surface area contributed by atoms with Gasteiger partial charge in [0.15, 0.2) is 0 Å². The Bertz CT molecular complexity index is 40.3. The molecule has 0 heterocycles.